The average Bonchev–Trinajstić information content (AvgIpc) is 3.21. The topological polar surface area (TPSA) is 70.4 Å². The van der Waals surface area contributed by atoms with E-state index in [9.17, 15) is 9.59 Å². The van der Waals surface area contributed by atoms with Crippen molar-refractivity contribution in [3.05, 3.63) is 18.2 Å². The Kier molecular flexibility index (Phi) is 12.7. The molecule has 0 aromatic carbocycles. The fourth-order valence-corrected chi connectivity index (χ4v) is 5.69. The van der Waals surface area contributed by atoms with Gasteiger partial charge in [-0.25, -0.2) is 4.98 Å². The molecule has 0 aliphatic heterocycles. The molecule has 226 valence electrons. The van der Waals surface area contributed by atoms with Crippen LogP contribution in [-0.2, 0) is 32.5 Å². The molecule has 1 unspecified atom stereocenters. The molecule has 0 spiro atoms. The van der Waals surface area contributed by atoms with Gasteiger partial charge in [-0.2, -0.15) is 0 Å². The lowest BCUT2D eigenvalue weighted by atomic mass is 9.74. The maximum atomic E-state index is 12.8. The molecule has 0 aliphatic carbocycles. The molecule has 0 amide bonds. The standard InChI is InChI=1S/C32H60N3O4/c1-13-30(5,6)22-32(9,10)24-39-28(37)16-19-35(12,17-14-26-20-34(11)25-33-26)18-15-27(36)38-23-31(7,8)21-29(2,3)4/h20,25H,13-19,21-24H2,1-12H3/q+1. The quantitative estimate of drug-likeness (QED) is 0.162. The predicted octanol–water partition coefficient (Wildman–Crippen LogP) is 6.59. The van der Waals surface area contributed by atoms with Crippen LogP contribution in [0, 0.1) is 21.7 Å². The van der Waals surface area contributed by atoms with Gasteiger partial charge in [0, 0.05) is 19.7 Å². The maximum Gasteiger partial charge on any atom is 0.311 e. The number of esters is 2. The number of carbonyl (C=O) groups is 2. The minimum Gasteiger partial charge on any atom is -0.465 e. The van der Waals surface area contributed by atoms with E-state index in [2.05, 4.69) is 81.3 Å². The number of likely N-dealkylation sites (N-methyl/N-ethyl adjacent to an activating group) is 1. The van der Waals surface area contributed by atoms with E-state index in [1.165, 1.54) is 0 Å². The first kappa shape index (κ1) is 35.1. The van der Waals surface area contributed by atoms with Crippen molar-refractivity contribution in [3.63, 3.8) is 0 Å². The number of hydrogen-bond donors (Lipinski definition) is 0. The van der Waals surface area contributed by atoms with Crippen LogP contribution in [0.25, 0.3) is 0 Å². The summed E-state index contributed by atoms with van der Waals surface area (Å²) in [5, 5.41) is 0. The van der Waals surface area contributed by atoms with E-state index in [4.69, 9.17) is 9.47 Å². The summed E-state index contributed by atoms with van der Waals surface area (Å²) < 4.78 is 14.0. The Morgan fingerprint density at radius 3 is 1.72 bits per heavy atom. The number of nitrogens with zero attached hydrogens (tertiary/aromatic N) is 3. The molecule has 1 aromatic rings. The number of quaternary nitrogens is 1. The van der Waals surface area contributed by atoms with Crippen molar-refractivity contribution in [2.45, 2.75) is 108 Å². The third-order valence-corrected chi connectivity index (χ3v) is 7.55. The molecule has 0 fully saturated rings. The molecule has 7 heteroatoms. The number of aromatic nitrogens is 2. The lowest BCUT2D eigenvalue weighted by molar-refractivity contribution is -0.908. The molecule has 39 heavy (non-hydrogen) atoms. The smallest absolute Gasteiger partial charge is 0.311 e. The van der Waals surface area contributed by atoms with Crippen molar-refractivity contribution in [2.75, 3.05) is 39.9 Å². The van der Waals surface area contributed by atoms with Gasteiger partial charge in [-0.1, -0.05) is 75.7 Å². The molecule has 0 saturated heterocycles. The van der Waals surface area contributed by atoms with Crippen LogP contribution in [0.3, 0.4) is 0 Å². The van der Waals surface area contributed by atoms with E-state index in [1.54, 1.807) is 6.33 Å². The summed E-state index contributed by atoms with van der Waals surface area (Å²) in [4.78, 5) is 30.0. The molecule has 0 radical (unpaired) electrons. The monoisotopic (exact) mass is 550 g/mol. The van der Waals surface area contributed by atoms with E-state index in [1.807, 2.05) is 17.8 Å². The Bertz CT molecular complexity index is 911. The second-order valence-electron chi connectivity index (χ2n) is 15.7. The molecule has 0 saturated carbocycles. The lowest BCUT2D eigenvalue weighted by Gasteiger charge is -2.35. The molecular formula is C32H60N3O4+. The Morgan fingerprint density at radius 2 is 1.31 bits per heavy atom. The van der Waals surface area contributed by atoms with Gasteiger partial charge in [-0.15, -0.1) is 0 Å². The number of hydrogen-bond acceptors (Lipinski definition) is 5. The van der Waals surface area contributed by atoms with E-state index < -0.39 is 0 Å². The minimum absolute atomic E-state index is 0.0726. The molecule has 7 nitrogen and oxygen atoms in total. The van der Waals surface area contributed by atoms with Crippen molar-refractivity contribution in [3.8, 4) is 0 Å². The van der Waals surface area contributed by atoms with E-state index in [-0.39, 0.29) is 33.6 Å². The first-order valence-corrected chi connectivity index (χ1v) is 14.8. The number of carbonyl (C=O) groups excluding carboxylic acids is 2. The van der Waals surface area contributed by atoms with Gasteiger partial charge in [0.25, 0.3) is 0 Å². The highest BCUT2D eigenvalue weighted by Crippen LogP contribution is 2.36. The molecule has 0 bridgehead atoms. The zero-order chi connectivity index (χ0) is 30.1. The highest BCUT2D eigenvalue weighted by molar-refractivity contribution is 5.70. The minimum atomic E-state index is -0.179. The summed E-state index contributed by atoms with van der Waals surface area (Å²) in [6.07, 6.45) is 8.29. The number of aryl methyl sites for hydroxylation is 1. The first-order chi connectivity index (χ1) is 17.6. The van der Waals surface area contributed by atoms with Crippen LogP contribution in [-0.4, -0.2) is 65.9 Å². The van der Waals surface area contributed by atoms with E-state index >= 15 is 0 Å². The van der Waals surface area contributed by atoms with Crippen LogP contribution in [0.5, 0.6) is 0 Å². The lowest BCUT2D eigenvalue weighted by Crippen LogP contribution is -2.48. The van der Waals surface area contributed by atoms with Gasteiger partial charge in [0.15, 0.2) is 0 Å². The van der Waals surface area contributed by atoms with Gasteiger partial charge in [0.2, 0.25) is 0 Å². The van der Waals surface area contributed by atoms with Gasteiger partial charge in [0.05, 0.1) is 64.8 Å². The summed E-state index contributed by atoms with van der Waals surface area (Å²) in [5.74, 6) is -0.354. The van der Waals surface area contributed by atoms with Gasteiger partial charge in [-0.3, -0.25) is 9.59 Å². The third-order valence-electron chi connectivity index (χ3n) is 7.55. The normalized spacial score (nSPS) is 14.7. The van der Waals surface area contributed by atoms with Crippen molar-refractivity contribution >= 4 is 11.9 Å². The predicted molar refractivity (Wildman–Crippen MR) is 159 cm³/mol. The summed E-state index contributed by atoms with van der Waals surface area (Å²) >= 11 is 0. The highest BCUT2D eigenvalue weighted by Gasteiger charge is 2.31. The van der Waals surface area contributed by atoms with Crippen LogP contribution < -0.4 is 0 Å². The highest BCUT2D eigenvalue weighted by atomic mass is 16.5. The SMILES string of the molecule is CCC(C)(C)CC(C)(C)COC(=O)CC[N+](C)(CCC(=O)OCC(C)(C)CC(C)(C)C)CCc1cn(C)cn1. The molecule has 0 N–H and O–H groups in total. The Morgan fingerprint density at radius 1 is 0.821 bits per heavy atom. The maximum absolute atomic E-state index is 12.8. The number of rotatable bonds is 17. The third kappa shape index (κ3) is 15.5. The largest absolute Gasteiger partial charge is 0.465 e. The van der Waals surface area contributed by atoms with Crippen LogP contribution in [0.1, 0.15) is 107 Å². The molecule has 1 aromatic heterocycles. The summed E-state index contributed by atoms with van der Waals surface area (Å²) in [7, 11) is 4.07. The van der Waals surface area contributed by atoms with Crippen molar-refractivity contribution in [1.82, 2.24) is 9.55 Å². The number of imidazole rings is 1. The Balaban J connectivity index is 2.73. The fraction of sp³-hybridized carbons (Fsp3) is 0.844. The van der Waals surface area contributed by atoms with Gasteiger partial charge < -0.3 is 18.5 Å². The van der Waals surface area contributed by atoms with Crippen LogP contribution >= 0.6 is 0 Å². The zero-order valence-electron chi connectivity index (χ0n) is 27.4. The van der Waals surface area contributed by atoms with Crippen molar-refractivity contribution < 1.29 is 23.5 Å². The van der Waals surface area contributed by atoms with Crippen molar-refractivity contribution in [1.29, 1.82) is 0 Å². The van der Waals surface area contributed by atoms with Gasteiger partial charge in [-0.05, 0) is 34.5 Å². The Labute approximate surface area is 239 Å². The van der Waals surface area contributed by atoms with Crippen molar-refractivity contribution in [2.24, 2.45) is 28.7 Å². The van der Waals surface area contributed by atoms with Gasteiger partial charge in [0.1, 0.15) is 0 Å². The molecular weight excluding hydrogens is 490 g/mol. The fourth-order valence-electron chi connectivity index (χ4n) is 5.69. The van der Waals surface area contributed by atoms with Gasteiger partial charge >= 0.3 is 11.9 Å². The summed E-state index contributed by atoms with van der Waals surface area (Å²) in [5.41, 5.74) is 1.25. The van der Waals surface area contributed by atoms with E-state index in [0.29, 0.717) is 43.6 Å². The second kappa shape index (κ2) is 14.1. The Hall–Kier alpha value is -1.89. The second-order valence-corrected chi connectivity index (χ2v) is 15.7. The van der Waals surface area contributed by atoms with Crippen LogP contribution in [0.15, 0.2) is 12.5 Å². The summed E-state index contributed by atoms with van der Waals surface area (Å²) in [6.45, 7) is 24.8. The first-order valence-electron chi connectivity index (χ1n) is 14.8. The molecule has 1 heterocycles. The molecule has 1 atom stereocenters. The van der Waals surface area contributed by atoms with E-state index in [0.717, 1.165) is 37.9 Å². The van der Waals surface area contributed by atoms with Crippen LogP contribution in [0.2, 0.25) is 0 Å². The average molecular weight is 551 g/mol. The molecule has 0 aliphatic rings. The zero-order valence-corrected chi connectivity index (χ0v) is 27.4. The molecule has 1 rings (SSSR count). The van der Waals surface area contributed by atoms with Crippen LogP contribution in [0.4, 0.5) is 0 Å². The number of ether oxygens (including phenoxy) is 2. The summed E-state index contributed by atoms with van der Waals surface area (Å²) in [6, 6.07) is 0.